The summed E-state index contributed by atoms with van der Waals surface area (Å²) < 4.78 is 0. The molecule has 0 fully saturated rings. The Morgan fingerprint density at radius 2 is 0.154 bits per heavy atom. The van der Waals surface area contributed by atoms with Crippen LogP contribution in [0.25, 0.3) is 0 Å². The molecule has 0 unspecified atom stereocenters. The number of carbonyl (C=O) groups is 3. The number of hydrogen-bond acceptors (Lipinski definition) is 3. The molecular formula is C54H108Mg63O6+126. The molecule has 360 valence electrons. The minimum absolute atomic E-state index is 0. The molecular weight excluding hydrogens is 2280 g/mol. The Kier molecular flexibility index (Phi) is 1610. The third-order valence-corrected chi connectivity index (χ3v) is 12.0. The molecule has 0 amide bonds. The fraction of sp³-hybridized carbons (Fsp3) is 0.944. The third kappa shape index (κ3) is 491. The maximum absolute atomic E-state index is 10.3. The first-order chi connectivity index (χ1) is 29.3. The van der Waals surface area contributed by atoms with Crippen molar-refractivity contribution in [1.29, 1.82) is 0 Å². The molecule has 0 bridgehead atoms. The van der Waals surface area contributed by atoms with Gasteiger partial charge in [-0.1, -0.05) is 290 Å². The summed E-state index contributed by atoms with van der Waals surface area (Å²) >= 11 is 0. The summed E-state index contributed by atoms with van der Waals surface area (Å²) in [5.41, 5.74) is 0. The molecule has 0 saturated carbocycles. The fourth-order valence-corrected chi connectivity index (χ4v) is 7.94. The minimum Gasteiger partial charge on any atom is -0.481 e. The molecule has 0 atom stereocenters. The van der Waals surface area contributed by atoms with Crippen molar-refractivity contribution in [3.8, 4) is 0 Å². The van der Waals surface area contributed by atoms with E-state index in [1.54, 1.807) is 0 Å². The van der Waals surface area contributed by atoms with Crippen molar-refractivity contribution in [2.75, 3.05) is 0 Å². The van der Waals surface area contributed by atoms with Gasteiger partial charge in [0.05, 0.1) is 0 Å². The summed E-state index contributed by atoms with van der Waals surface area (Å²) in [5, 5.41) is 25.6. The van der Waals surface area contributed by atoms with E-state index in [0.717, 1.165) is 38.5 Å². The Balaban J connectivity index is -0.00000000493. The van der Waals surface area contributed by atoms with Crippen molar-refractivity contribution < 1.29 is 29.7 Å². The Hall–Kier alpha value is 46.7. The molecule has 0 rings (SSSR count). The van der Waals surface area contributed by atoms with Gasteiger partial charge in [0.1, 0.15) is 0 Å². The first-order valence-corrected chi connectivity index (χ1v) is 27.0. The van der Waals surface area contributed by atoms with Gasteiger partial charge in [0, 0.05) is 19.3 Å². The van der Waals surface area contributed by atoms with Crippen LogP contribution in [-0.4, -0.2) is 1490 Å². The van der Waals surface area contributed by atoms with Gasteiger partial charge < -0.3 is 15.3 Å². The van der Waals surface area contributed by atoms with Crippen LogP contribution in [0, 0.1) is 0 Å². The van der Waals surface area contributed by atoms with Crippen molar-refractivity contribution in [1.82, 2.24) is 0 Å². The molecule has 0 radical (unpaired) electrons. The van der Waals surface area contributed by atoms with E-state index in [1.165, 1.54) is 250 Å². The van der Waals surface area contributed by atoms with Gasteiger partial charge in [-0.3, -0.25) is 14.4 Å². The third-order valence-electron chi connectivity index (χ3n) is 12.0. The second kappa shape index (κ2) is 441. The standard InChI is InChI=1S/3C18H36O2.63Mg/c3*1-2-3-4-5-6-7-8-9-10-11-12-13-14-15-16-17-18(19)20;;;;;;;;;;;;;;;;;;;;;;;;;;;;;;;;;;;;;;;;;;;;;;;;;;;;;;;;;;;;;;;/h3*2-17H2,1H3,(H,19,20);;;;;;;;;;;;;;;;;;;;;;;;;;;;;;;;;;;;;;;;;;;;;;;;;;;;;;;;;;;;;;;/q;;;63*+2. The van der Waals surface area contributed by atoms with Crippen LogP contribution in [0.2, 0.25) is 0 Å². The zero-order valence-electron chi connectivity index (χ0n) is 85.6. The van der Waals surface area contributed by atoms with E-state index in [2.05, 4.69) is 20.8 Å². The predicted octanol–water partition coefficient (Wildman–Crippen LogP) is -4.99. The summed E-state index contributed by atoms with van der Waals surface area (Å²) in [7, 11) is 0. The normalized spacial score (nSPS) is 5.29. The molecule has 0 spiro atoms. The molecule has 0 aromatic rings. The van der Waals surface area contributed by atoms with Gasteiger partial charge in [-0.05, 0) is 19.3 Å². The average molecular weight is 2380 g/mol. The van der Waals surface area contributed by atoms with Gasteiger partial charge in [0.15, 0.2) is 0 Å². The molecule has 69 heteroatoms. The number of rotatable bonds is 48. The topological polar surface area (TPSA) is 112 Å². The molecule has 123 heavy (non-hydrogen) atoms. The van der Waals surface area contributed by atoms with Gasteiger partial charge >= 0.3 is 1470 Å². The van der Waals surface area contributed by atoms with Crippen molar-refractivity contribution in [2.45, 2.75) is 329 Å². The monoisotopic (exact) mass is 2360 g/mol. The van der Waals surface area contributed by atoms with Crippen LogP contribution in [0.15, 0.2) is 0 Å². The molecule has 0 heterocycles. The van der Waals surface area contributed by atoms with E-state index in [-0.39, 0.29) is 1450 Å². The molecule has 3 N–H and O–H groups in total. The minimum atomic E-state index is -0.653. The summed E-state index contributed by atoms with van der Waals surface area (Å²) in [4.78, 5) is 31.0. The molecule has 0 aromatic heterocycles. The van der Waals surface area contributed by atoms with Gasteiger partial charge in [0.25, 0.3) is 0 Å². The van der Waals surface area contributed by atoms with Crippen LogP contribution >= 0.6 is 0 Å². The molecule has 6 nitrogen and oxygen atoms in total. The van der Waals surface area contributed by atoms with Gasteiger partial charge in [0.2, 0.25) is 0 Å². The van der Waals surface area contributed by atoms with Gasteiger partial charge in [-0.25, -0.2) is 0 Å². The smallest absolute Gasteiger partial charge is 0.481 e. The van der Waals surface area contributed by atoms with Gasteiger partial charge in [-0.15, -0.1) is 0 Å². The number of carboxylic acids is 3. The van der Waals surface area contributed by atoms with E-state index >= 15 is 0 Å². The molecule has 0 aromatic carbocycles. The number of unbranched alkanes of at least 4 members (excludes halogenated alkanes) is 42. The zero-order valence-corrected chi connectivity index (χ0v) is 175. The quantitative estimate of drug-likeness (QED) is 0.0417. The Bertz CT molecular complexity index is 832. The summed E-state index contributed by atoms with van der Waals surface area (Å²) in [6.45, 7) is 6.81. The number of aliphatic carboxylic acids is 3. The van der Waals surface area contributed by atoms with E-state index in [0.29, 0.717) is 19.3 Å². The SMILES string of the molecule is CCCCCCCCCCCCCCCCCC(=O)O.CCCCCCCCCCCCCCCCCC(=O)O.CCCCCCCCCCCCCCCCCC(=O)O.[Mg+2].[Mg+2].[Mg+2].[Mg+2].[Mg+2].[Mg+2].[Mg+2].[Mg+2].[Mg+2].[Mg+2].[Mg+2].[Mg+2].[Mg+2].[Mg+2].[Mg+2].[Mg+2].[Mg+2].[Mg+2].[Mg+2].[Mg+2].[Mg+2].[Mg+2].[Mg+2].[Mg+2].[Mg+2].[Mg+2].[Mg+2].[Mg+2].[Mg+2].[Mg+2].[Mg+2].[Mg+2].[Mg+2].[Mg+2].[Mg+2].[Mg+2].[Mg+2].[Mg+2].[Mg+2].[Mg+2].[Mg+2].[Mg+2].[Mg+2].[Mg+2].[Mg+2].[Mg+2].[Mg+2].[Mg+2].[Mg+2].[Mg+2].[Mg+2].[Mg+2].[Mg+2].[Mg+2].[Mg+2].[Mg+2].[Mg+2].[Mg+2].[Mg+2].[Mg+2].[Mg+2].[Mg+2].[Mg+2]. The van der Waals surface area contributed by atoms with Crippen LogP contribution in [0.3, 0.4) is 0 Å². The Morgan fingerprint density at radius 3 is 0.203 bits per heavy atom. The first kappa shape index (κ1) is 449. The zero-order chi connectivity index (χ0) is 44.7. The van der Waals surface area contributed by atoms with Crippen molar-refractivity contribution >= 4 is 1470 Å². The first-order valence-electron chi connectivity index (χ1n) is 27.0. The van der Waals surface area contributed by atoms with Crippen LogP contribution in [0.1, 0.15) is 329 Å². The van der Waals surface area contributed by atoms with Crippen molar-refractivity contribution in [2.24, 2.45) is 0 Å². The Morgan fingerprint density at radius 1 is 0.106 bits per heavy atom. The summed E-state index contributed by atoms with van der Waals surface area (Å²) in [6, 6.07) is 0. The predicted molar refractivity (Wildman–Crippen MR) is 624 cm³/mol. The Labute approximate surface area is 1780 Å². The number of hydrogen-bond donors (Lipinski definition) is 3. The second-order valence-electron chi connectivity index (χ2n) is 18.3. The number of carboxylic acid groups (broad SMARTS) is 3. The average Bonchev–Trinajstić information content (AvgIpc) is 3.22. The largest absolute Gasteiger partial charge is 2.00 e. The van der Waals surface area contributed by atoms with E-state index in [4.69, 9.17) is 15.3 Å². The molecule has 0 aliphatic heterocycles. The van der Waals surface area contributed by atoms with Crippen LogP contribution in [-0.2, 0) is 14.4 Å². The van der Waals surface area contributed by atoms with E-state index in [9.17, 15) is 14.4 Å². The van der Waals surface area contributed by atoms with Gasteiger partial charge in [-0.2, -0.15) is 0 Å². The summed E-state index contributed by atoms with van der Waals surface area (Å²) in [5.74, 6) is -1.96. The molecule has 0 aliphatic rings. The molecule has 0 aliphatic carbocycles. The molecule has 0 saturated heterocycles. The van der Waals surface area contributed by atoms with Crippen LogP contribution in [0.5, 0.6) is 0 Å². The second-order valence-corrected chi connectivity index (χ2v) is 18.3. The van der Waals surface area contributed by atoms with E-state index in [1.807, 2.05) is 0 Å². The summed E-state index contributed by atoms with van der Waals surface area (Å²) in [6.07, 6.45) is 60.6. The van der Waals surface area contributed by atoms with E-state index < -0.39 is 17.9 Å². The van der Waals surface area contributed by atoms with Crippen molar-refractivity contribution in [3.63, 3.8) is 0 Å². The van der Waals surface area contributed by atoms with Crippen LogP contribution in [0.4, 0.5) is 0 Å². The van der Waals surface area contributed by atoms with Crippen molar-refractivity contribution in [3.05, 3.63) is 0 Å². The fourth-order valence-electron chi connectivity index (χ4n) is 7.94. The maximum atomic E-state index is 10.3. The van der Waals surface area contributed by atoms with Crippen LogP contribution < -0.4 is 0 Å². The maximum Gasteiger partial charge on any atom is 2.00 e.